The van der Waals surface area contributed by atoms with Gasteiger partial charge in [-0.3, -0.25) is 0 Å². The van der Waals surface area contributed by atoms with Crippen molar-refractivity contribution in [1.29, 1.82) is 0 Å². The van der Waals surface area contributed by atoms with E-state index in [1.54, 1.807) is 12.1 Å². The van der Waals surface area contributed by atoms with Crippen molar-refractivity contribution >= 4 is 6.03 Å². The Hall–Kier alpha value is -3.22. The summed E-state index contributed by atoms with van der Waals surface area (Å²) < 4.78 is 43.5. The smallest absolute Gasteiger partial charge is 0.416 e. The quantitative estimate of drug-likeness (QED) is 0.630. The summed E-state index contributed by atoms with van der Waals surface area (Å²) >= 11 is 0. The Kier molecular flexibility index (Phi) is 6.03. The maximum Gasteiger partial charge on any atom is 0.416 e. The minimum absolute atomic E-state index is 0.152. The molecule has 0 aliphatic carbocycles. The van der Waals surface area contributed by atoms with Crippen LogP contribution in [-0.2, 0) is 25.8 Å². The van der Waals surface area contributed by atoms with Gasteiger partial charge in [-0.1, -0.05) is 42.5 Å². The predicted molar refractivity (Wildman–Crippen MR) is 98.1 cm³/mol. The zero-order valence-corrected chi connectivity index (χ0v) is 14.9. The number of rotatable bonds is 6. The van der Waals surface area contributed by atoms with Crippen molar-refractivity contribution in [2.24, 2.45) is 0 Å². The molecule has 0 bridgehead atoms. The Morgan fingerprint density at radius 1 is 0.893 bits per heavy atom. The molecule has 146 valence electrons. The zero-order chi connectivity index (χ0) is 20.0. The van der Waals surface area contributed by atoms with E-state index in [-0.39, 0.29) is 19.1 Å². The van der Waals surface area contributed by atoms with Gasteiger partial charge in [0.05, 0.1) is 18.4 Å². The molecular formula is C21H19F3N2O2. The number of nitrogens with one attached hydrogen (secondary N) is 1. The summed E-state index contributed by atoms with van der Waals surface area (Å²) in [5.41, 5.74) is 0.820. The fourth-order valence-corrected chi connectivity index (χ4v) is 2.70. The molecule has 0 aliphatic heterocycles. The molecule has 0 saturated heterocycles. The molecule has 0 radical (unpaired) electrons. The second-order valence-electron chi connectivity index (χ2n) is 6.27. The number of amides is 2. The van der Waals surface area contributed by atoms with Crippen molar-refractivity contribution in [2.75, 3.05) is 0 Å². The normalized spacial score (nSPS) is 11.2. The maximum atomic E-state index is 12.7. The lowest BCUT2D eigenvalue weighted by Crippen LogP contribution is -2.38. The molecule has 0 spiro atoms. The van der Waals surface area contributed by atoms with Gasteiger partial charge in [0.25, 0.3) is 0 Å². The third kappa shape index (κ3) is 5.39. The number of benzene rings is 2. The van der Waals surface area contributed by atoms with Crippen LogP contribution < -0.4 is 5.32 Å². The molecule has 1 N–H and O–H groups in total. The second kappa shape index (κ2) is 8.65. The highest BCUT2D eigenvalue weighted by Gasteiger charge is 2.30. The van der Waals surface area contributed by atoms with E-state index in [1.807, 2.05) is 30.3 Å². The molecule has 7 heteroatoms. The topological polar surface area (TPSA) is 45.5 Å². The molecule has 0 aliphatic rings. The van der Waals surface area contributed by atoms with Crippen LogP contribution in [0.25, 0.3) is 0 Å². The van der Waals surface area contributed by atoms with Gasteiger partial charge in [0.2, 0.25) is 0 Å². The van der Waals surface area contributed by atoms with Crippen molar-refractivity contribution in [1.82, 2.24) is 10.2 Å². The van der Waals surface area contributed by atoms with Crippen LogP contribution in [0.4, 0.5) is 18.0 Å². The summed E-state index contributed by atoms with van der Waals surface area (Å²) in [6, 6.07) is 17.3. The fraction of sp³-hybridized carbons (Fsp3) is 0.190. The van der Waals surface area contributed by atoms with Gasteiger partial charge in [-0.25, -0.2) is 4.79 Å². The molecule has 0 atom stereocenters. The largest absolute Gasteiger partial charge is 0.467 e. The Balaban J connectivity index is 1.70. The molecule has 0 unspecified atom stereocenters. The number of carbonyl (C=O) groups excluding carboxylic acids is 1. The number of halogens is 3. The van der Waals surface area contributed by atoms with Gasteiger partial charge in [0.1, 0.15) is 5.76 Å². The van der Waals surface area contributed by atoms with E-state index in [0.29, 0.717) is 17.9 Å². The molecular weight excluding hydrogens is 369 g/mol. The number of hydrogen-bond donors (Lipinski definition) is 1. The van der Waals surface area contributed by atoms with Crippen LogP contribution >= 0.6 is 0 Å². The van der Waals surface area contributed by atoms with Crippen molar-refractivity contribution in [3.05, 3.63) is 95.4 Å². The summed E-state index contributed by atoms with van der Waals surface area (Å²) in [5, 5.41) is 2.83. The molecule has 2 aromatic carbocycles. The lowest BCUT2D eigenvalue weighted by atomic mass is 10.1. The van der Waals surface area contributed by atoms with E-state index in [9.17, 15) is 18.0 Å². The van der Waals surface area contributed by atoms with E-state index in [1.165, 1.54) is 23.3 Å². The monoisotopic (exact) mass is 388 g/mol. The average Bonchev–Trinajstić information content (AvgIpc) is 3.19. The van der Waals surface area contributed by atoms with Crippen LogP contribution in [0.15, 0.2) is 77.4 Å². The SMILES string of the molecule is O=C(NCc1ccccc1)N(Cc1ccc(C(F)(F)F)cc1)Cc1ccco1. The summed E-state index contributed by atoms with van der Waals surface area (Å²) in [6.07, 6.45) is -2.88. The van der Waals surface area contributed by atoms with Gasteiger partial charge >= 0.3 is 12.2 Å². The predicted octanol–water partition coefficient (Wildman–Crippen LogP) is 5.21. The summed E-state index contributed by atoms with van der Waals surface area (Å²) in [7, 11) is 0. The Bertz CT molecular complexity index is 876. The molecule has 0 saturated carbocycles. The van der Waals surface area contributed by atoms with Crippen molar-refractivity contribution in [3.8, 4) is 0 Å². The van der Waals surface area contributed by atoms with E-state index in [2.05, 4.69) is 5.32 Å². The Labute approximate surface area is 160 Å². The van der Waals surface area contributed by atoms with Gasteiger partial charge in [-0.2, -0.15) is 13.2 Å². The summed E-state index contributed by atoms with van der Waals surface area (Å²) in [5.74, 6) is 0.585. The molecule has 4 nitrogen and oxygen atoms in total. The number of urea groups is 1. The molecule has 28 heavy (non-hydrogen) atoms. The summed E-state index contributed by atoms with van der Waals surface area (Å²) in [6.45, 7) is 0.704. The van der Waals surface area contributed by atoms with Crippen LogP contribution in [0.2, 0.25) is 0 Å². The molecule has 1 heterocycles. The highest BCUT2D eigenvalue weighted by molar-refractivity contribution is 5.74. The third-order valence-electron chi connectivity index (χ3n) is 4.16. The lowest BCUT2D eigenvalue weighted by molar-refractivity contribution is -0.137. The first kappa shape index (κ1) is 19.5. The van der Waals surface area contributed by atoms with Crippen LogP contribution in [0.1, 0.15) is 22.5 Å². The molecule has 3 rings (SSSR count). The second-order valence-corrected chi connectivity index (χ2v) is 6.27. The van der Waals surface area contributed by atoms with E-state index in [0.717, 1.165) is 17.7 Å². The Morgan fingerprint density at radius 2 is 1.61 bits per heavy atom. The zero-order valence-electron chi connectivity index (χ0n) is 14.9. The number of alkyl halides is 3. The molecule has 3 aromatic rings. The number of carbonyl (C=O) groups is 1. The van der Waals surface area contributed by atoms with Crippen LogP contribution in [-0.4, -0.2) is 10.9 Å². The third-order valence-corrected chi connectivity index (χ3v) is 4.16. The first-order chi connectivity index (χ1) is 13.4. The first-order valence-corrected chi connectivity index (χ1v) is 8.67. The minimum Gasteiger partial charge on any atom is -0.467 e. The van der Waals surface area contributed by atoms with Crippen LogP contribution in [0.5, 0.6) is 0 Å². The van der Waals surface area contributed by atoms with Crippen molar-refractivity contribution < 1.29 is 22.4 Å². The highest BCUT2D eigenvalue weighted by atomic mass is 19.4. The molecule has 2 amide bonds. The van der Waals surface area contributed by atoms with Gasteiger partial charge in [-0.05, 0) is 35.4 Å². The van der Waals surface area contributed by atoms with Crippen LogP contribution in [0, 0.1) is 0 Å². The lowest BCUT2D eigenvalue weighted by Gasteiger charge is -2.22. The van der Waals surface area contributed by atoms with Gasteiger partial charge in [0, 0.05) is 13.1 Å². The van der Waals surface area contributed by atoms with E-state index in [4.69, 9.17) is 4.42 Å². The van der Waals surface area contributed by atoms with E-state index < -0.39 is 11.7 Å². The first-order valence-electron chi connectivity index (χ1n) is 8.67. The minimum atomic E-state index is -4.39. The molecule has 1 aromatic heterocycles. The number of nitrogens with zero attached hydrogens (tertiary/aromatic N) is 1. The van der Waals surface area contributed by atoms with Gasteiger partial charge in [-0.15, -0.1) is 0 Å². The summed E-state index contributed by atoms with van der Waals surface area (Å²) in [4.78, 5) is 14.2. The maximum absolute atomic E-state index is 12.7. The van der Waals surface area contributed by atoms with E-state index >= 15 is 0 Å². The van der Waals surface area contributed by atoms with Gasteiger partial charge < -0.3 is 14.6 Å². The van der Waals surface area contributed by atoms with Crippen molar-refractivity contribution in [2.45, 2.75) is 25.8 Å². The highest BCUT2D eigenvalue weighted by Crippen LogP contribution is 2.29. The number of furan rings is 1. The molecule has 0 fully saturated rings. The standard InChI is InChI=1S/C21H19F3N2O2/c22-21(23,24)18-10-8-17(9-11-18)14-26(15-19-7-4-12-28-19)20(27)25-13-16-5-2-1-3-6-16/h1-12H,13-15H2,(H,25,27). The average molecular weight is 388 g/mol. The van der Waals surface area contributed by atoms with Crippen LogP contribution in [0.3, 0.4) is 0 Å². The Morgan fingerprint density at radius 3 is 2.21 bits per heavy atom. The number of hydrogen-bond acceptors (Lipinski definition) is 2. The van der Waals surface area contributed by atoms with Crippen molar-refractivity contribution in [3.63, 3.8) is 0 Å². The fourth-order valence-electron chi connectivity index (χ4n) is 2.70. The van der Waals surface area contributed by atoms with Gasteiger partial charge in [0.15, 0.2) is 0 Å².